The van der Waals surface area contributed by atoms with E-state index in [9.17, 15) is 5.11 Å². The van der Waals surface area contributed by atoms with Gasteiger partial charge in [0.25, 0.3) is 0 Å². The fraction of sp³-hybridized carbons (Fsp3) is 0.474. The largest absolute Gasteiger partial charge is 0.490 e. The minimum absolute atomic E-state index is 0.0288. The van der Waals surface area contributed by atoms with Crippen molar-refractivity contribution in [1.82, 2.24) is 0 Å². The fourth-order valence-electron chi connectivity index (χ4n) is 3.43. The highest BCUT2D eigenvalue weighted by atomic mass is 16.5. The lowest BCUT2D eigenvalue weighted by atomic mass is 9.86. The van der Waals surface area contributed by atoms with Crippen LogP contribution in [0, 0.1) is 5.92 Å². The second kappa shape index (κ2) is 6.48. The predicted molar refractivity (Wildman–Crippen MR) is 86.5 cm³/mol. The van der Waals surface area contributed by atoms with Crippen LogP contribution in [0.1, 0.15) is 44.6 Å². The van der Waals surface area contributed by atoms with E-state index in [2.05, 4.69) is 25.1 Å². The molecule has 0 unspecified atom stereocenters. The highest BCUT2D eigenvalue weighted by molar-refractivity contribution is 5.87. The molecule has 1 aliphatic rings. The average Bonchev–Trinajstić information content (AvgIpc) is 2.55. The molecule has 0 amide bonds. The average molecular weight is 284 g/mol. The fourth-order valence-corrected chi connectivity index (χ4v) is 3.43. The van der Waals surface area contributed by atoms with E-state index in [0.717, 1.165) is 40.8 Å². The zero-order valence-electron chi connectivity index (χ0n) is 12.7. The van der Waals surface area contributed by atoms with Crippen LogP contribution in [0.4, 0.5) is 0 Å². The first-order chi connectivity index (χ1) is 10.3. The summed E-state index contributed by atoms with van der Waals surface area (Å²) in [5, 5.41) is 12.0. The molecule has 3 rings (SSSR count). The maximum Gasteiger partial charge on any atom is 0.125 e. The zero-order chi connectivity index (χ0) is 14.7. The summed E-state index contributed by atoms with van der Waals surface area (Å²) in [7, 11) is 0. The molecular formula is C19H24O2. The van der Waals surface area contributed by atoms with E-state index < -0.39 is 0 Å². The van der Waals surface area contributed by atoms with Crippen LogP contribution in [0.5, 0.6) is 5.75 Å². The van der Waals surface area contributed by atoms with Gasteiger partial charge in [-0.15, -0.1) is 0 Å². The number of aliphatic hydroxyl groups excluding tert-OH is 1. The highest BCUT2D eigenvalue weighted by Crippen LogP contribution is 2.33. The van der Waals surface area contributed by atoms with Crippen LogP contribution >= 0.6 is 0 Å². The Bertz CT molecular complexity index is 598. The molecular weight excluding hydrogens is 260 g/mol. The van der Waals surface area contributed by atoms with Crippen molar-refractivity contribution in [2.45, 2.75) is 51.7 Å². The van der Waals surface area contributed by atoms with Crippen LogP contribution in [0.25, 0.3) is 10.8 Å². The van der Waals surface area contributed by atoms with Gasteiger partial charge in [0.15, 0.2) is 0 Å². The molecule has 0 heterocycles. The summed E-state index contributed by atoms with van der Waals surface area (Å²) < 4.78 is 6.22. The summed E-state index contributed by atoms with van der Waals surface area (Å²) in [6.45, 7) is 2.31. The topological polar surface area (TPSA) is 29.5 Å². The Balaban J connectivity index is 1.81. The van der Waals surface area contributed by atoms with Crippen molar-refractivity contribution < 1.29 is 9.84 Å². The molecule has 2 aromatic rings. The van der Waals surface area contributed by atoms with Gasteiger partial charge < -0.3 is 9.84 Å². The van der Waals surface area contributed by atoms with Gasteiger partial charge in [-0.1, -0.05) is 43.7 Å². The summed E-state index contributed by atoms with van der Waals surface area (Å²) in [6.07, 6.45) is 6.39. The third-order valence-electron chi connectivity index (χ3n) is 4.82. The molecule has 2 nitrogen and oxygen atoms in total. The molecule has 21 heavy (non-hydrogen) atoms. The van der Waals surface area contributed by atoms with Crippen LogP contribution in [0.3, 0.4) is 0 Å². The number of rotatable bonds is 4. The van der Waals surface area contributed by atoms with Crippen molar-refractivity contribution in [3.63, 3.8) is 0 Å². The maximum atomic E-state index is 9.75. The van der Waals surface area contributed by atoms with Gasteiger partial charge in [0.05, 0.1) is 12.7 Å². The molecule has 0 aromatic heterocycles. The van der Waals surface area contributed by atoms with E-state index in [1.165, 1.54) is 19.3 Å². The first kappa shape index (κ1) is 14.4. The summed E-state index contributed by atoms with van der Waals surface area (Å²) >= 11 is 0. The summed E-state index contributed by atoms with van der Waals surface area (Å²) in [6, 6.07) is 12.3. The molecule has 1 aliphatic carbocycles. The summed E-state index contributed by atoms with van der Waals surface area (Å²) in [5.41, 5.74) is 0.922. The predicted octanol–water partition coefficient (Wildman–Crippen LogP) is 4.68. The summed E-state index contributed by atoms with van der Waals surface area (Å²) in [5.74, 6) is 1.73. The van der Waals surface area contributed by atoms with E-state index in [4.69, 9.17) is 4.74 Å². The minimum Gasteiger partial charge on any atom is -0.490 e. The lowest BCUT2D eigenvalue weighted by Crippen LogP contribution is -2.24. The number of fused-ring (bicyclic) bond motifs is 1. The van der Waals surface area contributed by atoms with Crippen molar-refractivity contribution in [3.05, 3.63) is 42.0 Å². The van der Waals surface area contributed by atoms with Gasteiger partial charge in [0.1, 0.15) is 5.75 Å². The van der Waals surface area contributed by atoms with Crippen molar-refractivity contribution in [2.75, 3.05) is 0 Å². The van der Waals surface area contributed by atoms with Gasteiger partial charge in [-0.2, -0.15) is 0 Å². The first-order valence-electron chi connectivity index (χ1n) is 8.10. The van der Waals surface area contributed by atoms with Gasteiger partial charge >= 0.3 is 0 Å². The molecule has 0 aliphatic heterocycles. The Morgan fingerprint density at radius 3 is 2.52 bits per heavy atom. The van der Waals surface area contributed by atoms with Crippen LogP contribution in [-0.2, 0) is 6.61 Å². The molecule has 112 valence electrons. The van der Waals surface area contributed by atoms with Crippen molar-refractivity contribution in [1.29, 1.82) is 0 Å². The highest BCUT2D eigenvalue weighted by Gasteiger charge is 2.22. The first-order valence-corrected chi connectivity index (χ1v) is 8.10. The molecule has 1 saturated carbocycles. The van der Waals surface area contributed by atoms with Gasteiger partial charge in [-0.05, 0) is 48.4 Å². The van der Waals surface area contributed by atoms with Crippen LogP contribution in [0.2, 0.25) is 0 Å². The summed E-state index contributed by atoms with van der Waals surface area (Å²) in [4.78, 5) is 0. The van der Waals surface area contributed by atoms with Crippen molar-refractivity contribution in [3.8, 4) is 5.75 Å². The molecule has 0 spiro atoms. The lowest BCUT2D eigenvalue weighted by Gasteiger charge is -2.29. The van der Waals surface area contributed by atoms with E-state index in [0.29, 0.717) is 6.10 Å². The Morgan fingerprint density at radius 2 is 1.81 bits per heavy atom. The zero-order valence-corrected chi connectivity index (χ0v) is 12.7. The van der Waals surface area contributed by atoms with Crippen LogP contribution in [0.15, 0.2) is 36.4 Å². The maximum absolute atomic E-state index is 9.75. The van der Waals surface area contributed by atoms with Crippen molar-refractivity contribution in [2.24, 2.45) is 5.92 Å². The Morgan fingerprint density at radius 1 is 1.05 bits per heavy atom. The number of benzene rings is 2. The molecule has 0 atom stereocenters. The number of hydrogen-bond acceptors (Lipinski definition) is 2. The second-order valence-corrected chi connectivity index (χ2v) is 6.09. The van der Waals surface area contributed by atoms with Crippen LogP contribution in [-0.4, -0.2) is 11.2 Å². The number of hydrogen-bond donors (Lipinski definition) is 1. The Hall–Kier alpha value is -1.54. The van der Waals surface area contributed by atoms with E-state index in [-0.39, 0.29) is 6.61 Å². The van der Waals surface area contributed by atoms with Gasteiger partial charge in [0, 0.05) is 5.56 Å². The lowest BCUT2D eigenvalue weighted by molar-refractivity contribution is 0.126. The standard InChI is InChI=1S/C19H24O2/c1-2-14-7-10-16(11-8-14)21-19-12-9-15-5-3-4-6-17(15)18(19)13-20/h3-6,9,12,14,16,20H,2,7-8,10-11,13H2,1H3. The molecule has 2 heteroatoms. The van der Waals surface area contributed by atoms with Crippen molar-refractivity contribution >= 4 is 10.8 Å². The van der Waals surface area contributed by atoms with E-state index >= 15 is 0 Å². The normalized spacial score (nSPS) is 22.4. The van der Waals surface area contributed by atoms with E-state index in [1.54, 1.807) is 0 Å². The third kappa shape index (κ3) is 3.06. The molecule has 1 fully saturated rings. The van der Waals surface area contributed by atoms with Gasteiger partial charge in [-0.25, -0.2) is 0 Å². The quantitative estimate of drug-likeness (QED) is 0.883. The minimum atomic E-state index is 0.0288. The Labute approximate surface area is 126 Å². The Kier molecular flexibility index (Phi) is 4.45. The van der Waals surface area contributed by atoms with E-state index in [1.807, 2.05) is 18.2 Å². The molecule has 1 N–H and O–H groups in total. The molecule has 0 bridgehead atoms. The smallest absolute Gasteiger partial charge is 0.125 e. The monoisotopic (exact) mass is 284 g/mol. The SMILES string of the molecule is CCC1CCC(Oc2ccc3ccccc3c2CO)CC1. The second-order valence-electron chi connectivity index (χ2n) is 6.09. The number of aliphatic hydroxyl groups is 1. The van der Waals surface area contributed by atoms with Gasteiger partial charge in [0.2, 0.25) is 0 Å². The molecule has 0 saturated heterocycles. The molecule has 2 aromatic carbocycles. The molecule has 0 radical (unpaired) electrons. The van der Waals surface area contributed by atoms with Gasteiger partial charge in [-0.3, -0.25) is 0 Å². The van der Waals surface area contributed by atoms with Crippen LogP contribution < -0.4 is 4.74 Å². The third-order valence-corrected chi connectivity index (χ3v) is 4.82. The number of ether oxygens (including phenoxy) is 1.